The van der Waals surface area contributed by atoms with Crippen LogP contribution in [0.25, 0.3) is 0 Å². The van der Waals surface area contributed by atoms with Crippen molar-refractivity contribution in [3.8, 4) is 11.5 Å². The molecule has 0 saturated carbocycles. The monoisotopic (exact) mass is 344 g/mol. The molecule has 0 N–H and O–H groups in total. The Morgan fingerprint density at radius 1 is 1.29 bits per heavy atom. The number of thioether (sulfide) groups is 1. The van der Waals surface area contributed by atoms with Crippen LogP contribution in [0.1, 0.15) is 17.3 Å². The number of amides is 1. The Morgan fingerprint density at radius 2 is 2.08 bits per heavy atom. The fourth-order valence-electron chi connectivity index (χ4n) is 2.64. The molecule has 3 rings (SSSR count). The number of hydrogen-bond acceptors (Lipinski definition) is 5. The van der Waals surface area contributed by atoms with Crippen molar-refractivity contribution in [2.45, 2.75) is 18.1 Å². The lowest BCUT2D eigenvalue weighted by atomic mass is 10.2. The van der Waals surface area contributed by atoms with Gasteiger partial charge in [0.25, 0.3) is 5.91 Å². The minimum Gasteiger partial charge on any atom is -0.486 e. The highest BCUT2D eigenvalue weighted by Gasteiger charge is 2.26. The van der Waals surface area contributed by atoms with E-state index in [1.54, 1.807) is 17.2 Å². The number of ether oxygens (including phenoxy) is 2. The van der Waals surface area contributed by atoms with Crippen LogP contribution in [0.5, 0.6) is 11.5 Å². The topological polar surface area (TPSA) is 51.7 Å². The Morgan fingerprint density at radius 3 is 2.83 bits per heavy atom. The summed E-state index contributed by atoms with van der Waals surface area (Å²) in [7, 11) is 0. The normalized spacial score (nSPS) is 15.8. The minimum atomic E-state index is -0.182. The number of hydrogen-bond donors (Lipinski definition) is 0. The summed E-state index contributed by atoms with van der Waals surface area (Å²) < 4.78 is 11.7. The van der Waals surface area contributed by atoms with Crippen LogP contribution in [0.2, 0.25) is 0 Å². The average Bonchev–Trinajstić information content (AvgIpc) is 2.65. The number of rotatable bonds is 5. The quantitative estimate of drug-likeness (QED) is 0.780. The molecule has 0 spiro atoms. The van der Waals surface area contributed by atoms with Gasteiger partial charge < -0.3 is 14.4 Å². The fourth-order valence-corrected chi connectivity index (χ4v) is 3.18. The molecule has 1 amide bonds. The second-order valence-electron chi connectivity index (χ2n) is 5.40. The van der Waals surface area contributed by atoms with E-state index in [0.717, 1.165) is 16.5 Å². The van der Waals surface area contributed by atoms with E-state index in [2.05, 4.69) is 4.98 Å². The van der Waals surface area contributed by atoms with Gasteiger partial charge in [0.15, 0.2) is 17.6 Å². The van der Waals surface area contributed by atoms with E-state index in [9.17, 15) is 4.79 Å². The standard InChI is InChI=1S/C18H20N2O3S/c1-3-20(18(21)14-7-6-10-19-17(14)24-2)11-13-12-22-15-8-4-5-9-16(15)23-13/h4-10,13H,3,11-12H2,1-2H3. The zero-order valence-electron chi connectivity index (χ0n) is 13.8. The molecule has 2 heterocycles. The predicted molar refractivity (Wildman–Crippen MR) is 93.9 cm³/mol. The first-order valence-corrected chi connectivity index (χ1v) is 9.12. The molecule has 1 aliphatic heterocycles. The Balaban J connectivity index is 1.72. The fraction of sp³-hybridized carbons (Fsp3) is 0.333. The maximum Gasteiger partial charge on any atom is 0.256 e. The molecule has 0 fully saturated rings. The van der Waals surface area contributed by atoms with Crippen molar-refractivity contribution in [3.63, 3.8) is 0 Å². The largest absolute Gasteiger partial charge is 0.486 e. The molecule has 0 bridgehead atoms. The van der Waals surface area contributed by atoms with Gasteiger partial charge in [0, 0.05) is 12.7 Å². The first-order chi connectivity index (χ1) is 11.7. The molecule has 6 heteroatoms. The number of carbonyl (C=O) groups excluding carboxylic acids is 1. The van der Waals surface area contributed by atoms with Crippen molar-refractivity contribution in [3.05, 3.63) is 48.2 Å². The minimum absolute atomic E-state index is 0.0302. The van der Waals surface area contributed by atoms with Crippen molar-refractivity contribution in [1.82, 2.24) is 9.88 Å². The molecule has 24 heavy (non-hydrogen) atoms. The third-order valence-electron chi connectivity index (χ3n) is 3.86. The van der Waals surface area contributed by atoms with Gasteiger partial charge in [0.2, 0.25) is 0 Å². The van der Waals surface area contributed by atoms with Gasteiger partial charge in [-0.25, -0.2) is 4.98 Å². The van der Waals surface area contributed by atoms with E-state index in [4.69, 9.17) is 9.47 Å². The van der Waals surface area contributed by atoms with Crippen molar-refractivity contribution >= 4 is 17.7 Å². The van der Waals surface area contributed by atoms with Crippen molar-refractivity contribution in [1.29, 1.82) is 0 Å². The van der Waals surface area contributed by atoms with Crippen LogP contribution in [0.4, 0.5) is 0 Å². The lowest BCUT2D eigenvalue weighted by Crippen LogP contribution is -2.43. The Bertz CT molecular complexity index is 723. The molecule has 0 radical (unpaired) electrons. The van der Waals surface area contributed by atoms with E-state index in [-0.39, 0.29) is 12.0 Å². The SMILES string of the molecule is CCN(CC1COc2ccccc2O1)C(=O)c1cccnc1SC. The van der Waals surface area contributed by atoms with Crippen LogP contribution >= 0.6 is 11.8 Å². The number of para-hydroxylation sites is 2. The van der Waals surface area contributed by atoms with E-state index in [1.165, 1.54) is 11.8 Å². The number of pyridine rings is 1. The van der Waals surface area contributed by atoms with E-state index >= 15 is 0 Å². The maximum absolute atomic E-state index is 12.9. The molecular weight excluding hydrogens is 324 g/mol. The van der Waals surface area contributed by atoms with Crippen LogP contribution in [0.3, 0.4) is 0 Å². The van der Waals surface area contributed by atoms with E-state index in [0.29, 0.717) is 25.3 Å². The molecule has 0 aliphatic carbocycles. The summed E-state index contributed by atoms with van der Waals surface area (Å²) in [5.74, 6) is 1.45. The van der Waals surface area contributed by atoms with Crippen LogP contribution in [-0.4, -0.2) is 47.8 Å². The van der Waals surface area contributed by atoms with E-state index < -0.39 is 0 Å². The van der Waals surface area contributed by atoms with Gasteiger partial charge in [-0.1, -0.05) is 12.1 Å². The maximum atomic E-state index is 12.9. The number of carbonyl (C=O) groups is 1. The second kappa shape index (κ2) is 7.57. The van der Waals surface area contributed by atoms with Crippen LogP contribution < -0.4 is 9.47 Å². The third-order valence-corrected chi connectivity index (χ3v) is 4.57. The Hall–Kier alpha value is -2.21. The Kier molecular flexibility index (Phi) is 5.25. The lowest BCUT2D eigenvalue weighted by molar-refractivity contribution is 0.0472. The smallest absolute Gasteiger partial charge is 0.256 e. The number of fused-ring (bicyclic) bond motifs is 1. The molecular formula is C18H20N2O3S. The molecule has 1 aliphatic rings. The molecule has 1 atom stereocenters. The average molecular weight is 344 g/mol. The zero-order chi connectivity index (χ0) is 16.9. The molecule has 2 aromatic rings. The molecule has 1 aromatic carbocycles. The van der Waals surface area contributed by atoms with Crippen LogP contribution in [0, 0.1) is 0 Å². The Labute approximate surface area is 146 Å². The van der Waals surface area contributed by atoms with Crippen molar-refractivity contribution < 1.29 is 14.3 Å². The first kappa shape index (κ1) is 16.6. The highest BCUT2D eigenvalue weighted by atomic mass is 32.2. The molecule has 1 aromatic heterocycles. The van der Waals surface area contributed by atoms with Gasteiger partial charge in [-0.15, -0.1) is 11.8 Å². The first-order valence-electron chi connectivity index (χ1n) is 7.89. The number of likely N-dealkylation sites (N-methyl/N-ethyl adjacent to an activating group) is 1. The summed E-state index contributed by atoms with van der Waals surface area (Å²) in [6.07, 6.45) is 3.44. The van der Waals surface area contributed by atoms with Crippen LogP contribution in [0.15, 0.2) is 47.6 Å². The van der Waals surface area contributed by atoms with Gasteiger partial charge in [-0.3, -0.25) is 4.79 Å². The number of aromatic nitrogens is 1. The predicted octanol–water partition coefficient (Wildman–Crippen LogP) is 3.11. The molecule has 0 saturated heterocycles. The molecule has 1 unspecified atom stereocenters. The summed E-state index contributed by atoms with van der Waals surface area (Å²) in [5, 5.41) is 0.743. The lowest BCUT2D eigenvalue weighted by Gasteiger charge is -2.31. The summed E-state index contributed by atoms with van der Waals surface area (Å²) in [6, 6.07) is 11.2. The van der Waals surface area contributed by atoms with Crippen LogP contribution in [-0.2, 0) is 0 Å². The van der Waals surface area contributed by atoms with Gasteiger partial charge >= 0.3 is 0 Å². The van der Waals surface area contributed by atoms with Crippen molar-refractivity contribution in [2.24, 2.45) is 0 Å². The summed E-state index contributed by atoms with van der Waals surface area (Å²) in [4.78, 5) is 18.9. The van der Waals surface area contributed by atoms with Gasteiger partial charge in [0.1, 0.15) is 11.6 Å². The van der Waals surface area contributed by atoms with Crippen molar-refractivity contribution in [2.75, 3.05) is 26.0 Å². The molecule has 5 nitrogen and oxygen atoms in total. The highest BCUT2D eigenvalue weighted by molar-refractivity contribution is 7.98. The third kappa shape index (κ3) is 3.48. The van der Waals surface area contributed by atoms with Gasteiger partial charge in [0.05, 0.1) is 12.1 Å². The highest BCUT2D eigenvalue weighted by Crippen LogP contribution is 2.31. The molecule has 126 valence electrons. The summed E-state index contributed by atoms with van der Waals surface area (Å²) >= 11 is 1.47. The number of nitrogens with zero attached hydrogens (tertiary/aromatic N) is 2. The zero-order valence-corrected chi connectivity index (χ0v) is 14.6. The van der Waals surface area contributed by atoms with E-state index in [1.807, 2.05) is 43.5 Å². The van der Waals surface area contributed by atoms with Gasteiger partial charge in [-0.05, 0) is 37.4 Å². The number of benzene rings is 1. The summed E-state index contributed by atoms with van der Waals surface area (Å²) in [6.45, 7) is 3.48. The van der Waals surface area contributed by atoms with Gasteiger partial charge in [-0.2, -0.15) is 0 Å². The second-order valence-corrected chi connectivity index (χ2v) is 6.20. The summed E-state index contributed by atoms with van der Waals surface area (Å²) in [5.41, 5.74) is 0.629.